The smallest absolute Gasteiger partial charge is 0.0996 e. The lowest BCUT2D eigenvalue weighted by atomic mass is 9.91. The van der Waals surface area contributed by atoms with E-state index in [-0.39, 0.29) is 0 Å². The van der Waals surface area contributed by atoms with Gasteiger partial charge < -0.3 is 0 Å². The van der Waals surface area contributed by atoms with Crippen LogP contribution in [0.5, 0.6) is 0 Å². The molecular weight excluding hydrogens is 143 g/mol. The van der Waals surface area contributed by atoms with E-state index in [2.05, 4.69) is 41.3 Å². The minimum atomic E-state index is 1.12. The Morgan fingerprint density at radius 3 is 2.25 bits per heavy atom. The Kier molecular flexibility index (Phi) is 5.52. The lowest BCUT2D eigenvalue weighted by molar-refractivity contribution is 1.01. The maximum atomic E-state index is 3.74. The van der Waals surface area contributed by atoms with E-state index >= 15 is 0 Å². The SMILES string of the molecule is B/C(C=C)=C/C(CC)=C(\C)CC. The maximum absolute atomic E-state index is 3.74. The van der Waals surface area contributed by atoms with Gasteiger partial charge in [0.15, 0.2) is 0 Å². The molecule has 12 heavy (non-hydrogen) atoms. The first-order valence-corrected chi connectivity index (χ1v) is 4.65. The standard InChI is InChI=1S/C11H19B/c1-5-9(4)10(6-2)8-11(12)7-3/h7-8H,3,5-6,12H2,1-2,4H3/b10-9+,11-8+. The van der Waals surface area contributed by atoms with E-state index in [0.29, 0.717) is 0 Å². The van der Waals surface area contributed by atoms with Gasteiger partial charge in [0, 0.05) is 0 Å². The average molecular weight is 162 g/mol. The van der Waals surface area contributed by atoms with Crippen molar-refractivity contribution in [2.45, 2.75) is 33.6 Å². The Balaban J connectivity index is 4.68. The average Bonchev–Trinajstić information content (AvgIpc) is 2.12. The minimum Gasteiger partial charge on any atom is -0.0996 e. The van der Waals surface area contributed by atoms with E-state index in [1.807, 2.05) is 6.08 Å². The fraction of sp³-hybridized carbons (Fsp3) is 0.455. The van der Waals surface area contributed by atoms with Gasteiger partial charge in [0.2, 0.25) is 0 Å². The number of hydrogen-bond acceptors (Lipinski definition) is 0. The predicted molar refractivity (Wildman–Crippen MR) is 60.1 cm³/mol. The van der Waals surface area contributed by atoms with Crippen LogP contribution in [-0.4, -0.2) is 7.85 Å². The molecule has 0 saturated carbocycles. The number of hydrogen-bond donors (Lipinski definition) is 0. The molecule has 0 aliphatic heterocycles. The second-order valence-electron chi connectivity index (χ2n) is 3.11. The van der Waals surface area contributed by atoms with Crippen LogP contribution in [0.25, 0.3) is 0 Å². The zero-order chi connectivity index (χ0) is 9.56. The van der Waals surface area contributed by atoms with E-state index < -0.39 is 0 Å². The summed E-state index contributed by atoms with van der Waals surface area (Å²) in [4.78, 5) is 0. The summed E-state index contributed by atoms with van der Waals surface area (Å²) in [5.74, 6) is 0. The molecule has 0 fully saturated rings. The molecule has 0 N–H and O–H groups in total. The van der Waals surface area contributed by atoms with Crippen molar-refractivity contribution in [3.05, 3.63) is 35.3 Å². The molecule has 0 rings (SSSR count). The first kappa shape index (κ1) is 11.3. The molecule has 66 valence electrons. The van der Waals surface area contributed by atoms with E-state index in [1.165, 1.54) is 16.6 Å². The Hall–Kier alpha value is -0.715. The van der Waals surface area contributed by atoms with Gasteiger partial charge >= 0.3 is 0 Å². The summed E-state index contributed by atoms with van der Waals surface area (Å²) in [5, 5.41) is 0. The van der Waals surface area contributed by atoms with Crippen molar-refractivity contribution in [3.8, 4) is 0 Å². The molecule has 0 spiro atoms. The van der Waals surface area contributed by atoms with Crippen LogP contribution in [0.3, 0.4) is 0 Å². The molecule has 0 atom stereocenters. The second kappa shape index (κ2) is 5.88. The Labute approximate surface area is 77.5 Å². The molecule has 0 saturated heterocycles. The van der Waals surface area contributed by atoms with Crippen LogP contribution in [0, 0.1) is 0 Å². The van der Waals surface area contributed by atoms with Crippen LogP contribution >= 0.6 is 0 Å². The van der Waals surface area contributed by atoms with Crippen LogP contribution in [0.1, 0.15) is 33.6 Å². The Bertz CT molecular complexity index is 209. The fourth-order valence-corrected chi connectivity index (χ4v) is 1.09. The van der Waals surface area contributed by atoms with Crippen LogP contribution < -0.4 is 0 Å². The maximum Gasteiger partial charge on any atom is 0.139 e. The van der Waals surface area contributed by atoms with Gasteiger partial charge in [0.1, 0.15) is 7.85 Å². The van der Waals surface area contributed by atoms with Crippen LogP contribution in [0.2, 0.25) is 0 Å². The van der Waals surface area contributed by atoms with E-state index in [0.717, 1.165) is 12.8 Å². The highest BCUT2D eigenvalue weighted by Crippen LogP contribution is 2.14. The molecule has 0 unspecified atom stereocenters. The van der Waals surface area contributed by atoms with Gasteiger partial charge in [-0.25, -0.2) is 0 Å². The topological polar surface area (TPSA) is 0 Å². The van der Waals surface area contributed by atoms with Gasteiger partial charge in [0.25, 0.3) is 0 Å². The van der Waals surface area contributed by atoms with Crippen LogP contribution in [0.15, 0.2) is 35.3 Å². The van der Waals surface area contributed by atoms with E-state index in [1.54, 1.807) is 0 Å². The lowest BCUT2D eigenvalue weighted by Crippen LogP contribution is -1.85. The fourth-order valence-electron chi connectivity index (χ4n) is 1.09. The van der Waals surface area contributed by atoms with Gasteiger partial charge in [0.05, 0.1) is 0 Å². The first-order valence-electron chi connectivity index (χ1n) is 4.65. The van der Waals surface area contributed by atoms with Gasteiger partial charge in [-0.15, -0.1) is 0 Å². The van der Waals surface area contributed by atoms with Crippen molar-refractivity contribution in [1.82, 2.24) is 0 Å². The summed E-state index contributed by atoms with van der Waals surface area (Å²) in [7, 11) is 2.09. The molecule has 0 aromatic heterocycles. The van der Waals surface area contributed by atoms with Gasteiger partial charge in [-0.3, -0.25) is 0 Å². The molecule has 0 aliphatic carbocycles. The third-order valence-electron chi connectivity index (χ3n) is 2.18. The Morgan fingerprint density at radius 2 is 1.92 bits per heavy atom. The molecule has 1 heteroatoms. The molecule has 0 nitrogen and oxygen atoms in total. The zero-order valence-electron chi connectivity index (χ0n) is 8.78. The van der Waals surface area contributed by atoms with E-state index in [9.17, 15) is 0 Å². The monoisotopic (exact) mass is 162 g/mol. The molecule has 0 heterocycles. The molecule has 0 amide bonds. The predicted octanol–water partition coefficient (Wildman–Crippen LogP) is 2.83. The van der Waals surface area contributed by atoms with Gasteiger partial charge in [-0.1, -0.05) is 43.6 Å². The molecule has 0 bridgehead atoms. The van der Waals surface area contributed by atoms with Crippen molar-refractivity contribution in [2.24, 2.45) is 0 Å². The van der Waals surface area contributed by atoms with Crippen molar-refractivity contribution >= 4 is 7.85 Å². The van der Waals surface area contributed by atoms with E-state index in [4.69, 9.17) is 0 Å². The molecule has 0 aromatic carbocycles. The summed E-state index contributed by atoms with van der Waals surface area (Å²) in [6.07, 6.45) is 6.39. The molecule has 0 radical (unpaired) electrons. The first-order chi connectivity index (χ1) is 5.65. The van der Waals surface area contributed by atoms with Crippen molar-refractivity contribution in [2.75, 3.05) is 0 Å². The summed E-state index contributed by atoms with van der Waals surface area (Å²) in [5.41, 5.74) is 4.19. The minimum absolute atomic E-state index is 1.12. The van der Waals surface area contributed by atoms with Gasteiger partial charge in [-0.05, 0) is 25.3 Å². The highest BCUT2D eigenvalue weighted by atomic mass is 14.0. The second-order valence-corrected chi connectivity index (χ2v) is 3.11. The number of allylic oxidation sites excluding steroid dienone is 5. The number of rotatable bonds is 4. The van der Waals surface area contributed by atoms with Crippen molar-refractivity contribution < 1.29 is 0 Å². The summed E-state index contributed by atoms with van der Waals surface area (Å²) < 4.78 is 0. The van der Waals surface area contributed by atoms with Crippen LogP contribution in [-0.2, 0) is 0 Å². The Morgan fingerprint density at radius 1 is 1.33 bits per heavy atom. The molecular formula is C11H19B. The van der Waals surface area contributed by atoms with Crippen molar-refractivity contribution in [3.63, 3.8) is 0 Å². The summed E-state index contributed by atoms with van der Waals surface area (Å²) >= 11 is 0. The lowest BCUT2D eigenvalue weighted by Gasteiger charge is -2.04. The third-order valence-corrected chi connectivity index (χ3v) is 2.18. The molecule has 0 aliphatic rings. The highest BCUT2D eigenvalue weighted by molar-refractivity contribution is 6.23. The zero-order valence-corrected chi connectivity index (χ0v) is 8.78. The summed E-state index contributed by atoms with van der Waals surface area (Å²) in [6.45, 7) is 10.3. The van der Waals surface area contributed by atoms with Crippen molar-refractivity contribution in [1.29, 1.82) is 0 Å². The third kappa shape index (κ3) is 3.61. The largest absolute Gasteiger partial charge is 0.139 e. The summed E-state index contributed by atoms with van der Waals surface area (Å²) in [6, 6.07) is 0. The van der Waals surface area contributed by atoms with Gasteiger partial charge in [-0.2, -0.15) is 0 Å². The normalized spacial score (nSPS) is 14.1. The van der Waals surface area contributed by atoms with Crippen LogP contribution in [0.4, 0.5) is 0 Å². The highest BCUT2D eigenvalue weighted by Gasteiger charge is 1.94. The molecule has 0 aromatic rings. The quantitative estimate of drug-likeness (QED) is 0.440.